The highest BCUT2D eigenvalue weighted by molar-refractivity contribution is 4.91. The van der Waals surface area contributed by atoms with Gasteiger partial charge in [0.2, 0.25) is 0 Å². The van der Waals surface area contributed by atoms with Gasteiger partial charge in [0.15, 0.2) is 0 Å². The Morgan fingerprint density at radius 2 is 1.94 bits per heavy atom. The first-order valence-electron chi connectivity index (χ1n) is 7.29. The molecule has 1 saturated carbocycles. The van der Waals surface area contributed by atoms with E-state index in [-0.39, 0.29) is 0 Å². The predicted octanol–water partition coefficient (Wildman–Crippen LogP) is 4.08. The molecular weight excluding hydrogens is 194 g/mol. The minimum atomic E-state index is 0.672. The van der Waals surface area contributed by atoms with Gasteiger partial charge < -0.3 is 5.32 Å². The molecule has 5 unspecified atom stereocenters. The fourth-order valence-electron chi connectivity index (χ4n) is 3.37. The smallest absolute Gasteiger partial charge is 0.00641 e. The van der Waals surface area contributed by atoms with Gasteiger partial charge in [-0.25, -0.2) is 0 Å². The molecule has 1 nitrogen and oxygen atoms in total. The molecule has 1 fully saturated rings. The third-order valence-electron chi connectivity index (χ3n) is 4.99. The highest BCUT2D eigenvalue weighted by Crippen LogP contribution is 2.47. The van der Waals surface area contributed by atoms with Gasteiger partial charge in [0.25, 0.3) is 0 Å². The maximum Gasteiger partial charge on any atom is 0.00641 e. The highest BCUT2D eigenvalue weighted by atomic mass is 14.9. The second kappa shape index (κ2) is 6.64. The summed E-state index contributed by atoms with van der Waals surface area (Å²) in [5.74, 6) is 3.81. The monoisotopic (exact) mass is 225 g/mol. The Labute approximate surface area is 102 Å². The van der Waals surface area contributed by atoms with E-state index >= 15 is 0 Å². The Balaban J connectivity index is 2.36. The normalized spacial score (nSPS) is 33.2. The molecule has 1 heteroatoms. The van der Waals surface area contributed by atoms with Gasteiger partial charge in [-0.05, 0) is 50.5 Å². The quantitative estimate of drug-likeness (QED) is 0.644. The van der Waals surface area contributed by atoms with Gasteiger partial charge in [-0.1, -0.05) is 40.0 Å². The van der Waals surface area contributed by atoms with Crippen molar-refractivity contribution >= 4 is 0 Å². The van der Waals surface area contributed by atoms with Crippen LogP contribution in [0.3, 0.4) is 0 Å². The lowest BCUT2D eigenvalue weighted by Gasteiger charge is -2.48. The molecule has 0 spiro atoms. The summed E-state index contributed by atoms with van der Waals surface area (Å²) in [5, 5.41) is 3.42. The topological polar surface area (TPSA) is 12.0 Å². The molecule has 0 heterocycles. The van der Waals surface area contributed by atoms with Crippen molar-refractivity contribution in [3.05, 3.63) is 0 Å². The molecule has 0 aromatic carbocycles. The van der Waals surface area contributed by atoms with Gasteiger partial charge >= 0.3 is 0 Å². The summed E-state index contributed by atoms with van der Waals surface area (Å²) in [6, 6.07) is 0.672. The Bertz CT molecular complexity index is 190. The summed E-state index contributed by atoms with van der Waals surface area (Å²) in [5.41, 5.74) is 0. The van der Waals surface area contributed by atoms with Crippen LogP contribution in [-0.4, -0.2) is 13.1 Å². The Morgan fingerprint density at radius 3 is 2.44 bits per heavy atom. The van der Waals surface area contributed by atoms with Crippen molar-refractivity contribution in [2.45, 2.75) is 65.8 Å². The van der Waals surface area contributed by atoms with E-state index in [1.807, 2.05) is 0 Å². The van der Waals surface area contributed by atoms with Crippen molar-refractivity contribution in [3.8, 4) is 0 Å². The summed E-state index contributed by atoms with van der Waals surface area (Å²) in [6.45, 7) is 9.51. The van der Waals surface area contributed by atoms with Crippen LogP contribution in [-0.2, 0) is 0 Å². The summed E-state index contributed by atoms with van der Waals surface area (Å²) >= 11 is 0. The maximum absolute atomic E-state index is 3.42. The highest BCUT2D eigenvalue weighted by Gasteiger charge is 2.41. The first-order chi connectivity index (χ1) is 7.61. The van der Waals surface area contributed by atoms with Crippen molar-refractivity contribution in [3.63, 3.8) is 0 Å². The molecule has 0 bridgehead atoms. The van der Waals surface area contributed by atoms with Crippen molar-refractivity contribution in [2.24, 2.45) is 23.7 Å². The molecule has 0 radical (unpaired) electrons. The first kappa shape index (κ1) is 14.0. The zero-order valence-electron chi connectivity index (χ0n) is 11.9. The molecule has 1 aliphatic rings. The third-order valence-corrected chi connectivity index (χ3v) is 4.99. The number of hydrogen-bond donors (Lipinski definition) is 1. The summed E-state index contributed by atoms with van der Waals surface area (Å²) in [7, 11) is 2.09. The predicted molar refractivity (Wildman–Crippen MR) is 72.6 cm³/mol. The average molecular weight is 225 g/mol. The van der Waals surface area contributed by atoms with Crippen LogP contribution in [0.4, 0.5) is 0 Å². The zero-order valence-corrected chi connectivity index (χ0v) is 11.9. The Kier molecular flexibility index (Phi) is 5.82. The molecule has 0 amide bonds. The van der Waals surface area contributed by atoms with Crippen LogP contribution in [0.2, 0.25) is 0 Å². The van der Waals surface area contributed by atoms with E-state index < -0.39 is 0 Å². The molecule has 0 aliphatic heterocycles. The lowest BCUT2D eigenvalue weighted by molar-refractivity contribution is 0.0209. The largest absolute Gasteiger partial charge is 0.317 e. The number of unbranched alkanes of at least 4 members (excludes halogenated alkanes) is 2. The molecule has 5 atom stereocenters. The second-order valence-corrected chi connectivity index (χ2v) is 5.97. The Hall–Kier alpha value is -0.0400. The third kappa shape index (κ3) is 3.23. The molecule has 1 rings (SSSR count). The number of hydrogen-bond acceptors (Lipinski definition) is 1. The number of rotatable bonds is 7. The van der Waals surface area contributed by atoms with Gasteiger partial charge in [-0.3, -0.25) is 0 Å². The van der Waals surface area contributed by atoms with Crippen LogP contribution in [0.5, 0.6) is 0 Å². The average Bonchev–Trinajstić information content (AvgIpc) is 2.29. The van der Waals surface area contributed by atoms with Crippen molar-refractivity contribution in [1.82, 2.24) is 5.32 Å². The van der Waals surface area contributed by atoms with Gasteiger partial charge in [0.05, 0.1) is 0 Å². The molecule has 1 aliphatic carbocycles. The summed E-state index contributed by atoms with van der Waals surface area (Å²) in [6.07, 6.45) is 7.16. The summed E-state index contributed by atoms with van der Waals surface area (Å²) in [4.78, 5) is 0. The van der Waals surface area contributed by atoms with E-state index in [9.17, 15) is 0 Å². The fourth-order valence-corrected chi connectivity index (χ4v) is 3.37. The van der Waals surface area contributed by atoms with Crippen LogP contribution in [0.25, 0.3) is 0 Å². The number of nitrogens with one attached hydrogen (secondary N) is 1. The Morgan fingerprint density at radius 1 is 1.25 bits per heavy atom. The molecule has 16 heavy (non-hydrogen) atoms. The molecule has 0 aromatic heterocycles. The molecule has 1 N–H and O–H groups in total. The SMILES string of the molecule is CCCCCC1C(C)CC1C(C)C(C)NC. The van der Waals surface area contributed by atoms with E-state index in [4.69, 9.17) is 0 Å². The first-order valence-corrected chi connectivity index (χ1v) is 7.29. The van der Waals surface area contributed by atoms with Crippen LogP contribution >= 0.6 is 0 Å². The van der Waals surface area contributed by atoms with E-state index in [0.29, 0.717) is 6.04 Å². The fraction of sp³-hybridized carbons (Fsp3) is 1.00. The van der Waals surface area contributed by atoms with Crippen molar-refractivity contribution < 1.29 is 0 Å². The standard InChI is InChI=1S/C15H31N/c1-6-7-8-9-14-11(2)10-15(14)12(3)13(4)16-5/h11-16H,6-10H2,1-5H3. The van der Waals surface area contributed by atoms with Gasteiger partial charge in [0, 0.05) is 6.04 Å². The lowest BCUT2D eigenvalue weighted by Crippen LogP contribution is -2.45. The van der Waals surface area contributed by atoms with Gasteiger partial charge in [-0.2, -0.15) is 0 Å². The molecule has 0 aromatic rings. The van der Waals surface area contributed by atoms with Crippen molar-refractivity contribution in [2.75, 3.05) is 7.05 Å². The lowest BCUT2D eigenvalue weighted by atomic mass is 9.58. The van der Waals surface area contributed by atoms with Gasteiger partial charge in [-0.15, -0.1) is 0 Å². The van der Waals surface area contributed by atoms with Crippen molar-refractivity contribution in [1.29, 1.82) is 0 Å². The van der Waals surface area contributed by atoms with Gasteiger partial charge in [0.1, 0.15) is 0 Å². The van der Waals surface area contributed by atoms with Crippen LogP contribution < -0.4 is 5.32 Å². The van der Waals surface area contributed by atoms with E-state index in [1.165, 1.54) is 32.1 Å². The molecule has 96 valence electrons. The van der Waals surface area contributed by atoms with Crippen LogP contribution in [0.1, 0.15) is 59.8 Å². The second-order valence-electron chi connectivity index (χ2n) is 5.97. The molecular formula is C15H31N. The minimum absolute atomic E-state index is 0.672. The van der Waals surface area contributed by atoms with Crippen LogP contribution in [0, 0.1) is 23.7 Å². The minimum Gasteiger partial charge on any atom is -0.317 e. The summed E-state index contributed by atoms with van der Waals surface area (Å²) < 4.78 is 0. The molecule has 0 saturated heterocycles. The maximum atomic E-state index is 3.42. The van der Waals surface area contributed by atoms with E-state index in [0.717, 1.165) is 23.7 Å². The van der Waals surface area contributed by atoms with E-state index in [1.54, 1.807) is 0 Å². The van der Waals surface area contributed by atoms with E-state index in [2.05, 4.69) is 40.1 Å². The van der Waals surface area contributed by atoms with Crippen LogP contribution in [0.15, 0.2) is 0 Å². The zero-order chi connectivity index (χ0) is 12.1.